The van der Waals surface area contributed by atoms with Crippen molar-refractivity contribution >= 4 is 22.2 Å². The monoisotopic (exact) mass is 267 g/mol. The molecule has 0 unspecified atom stereocenters. The molecular formula is C18H21NO. The number of fused-ring (bicyclic) bond motifs is 1. The first-order chi connectivity index (χ1) is 9.79. The van der Waals surface area contributed by atoms with Gasteiger partial charge in [0.05, 0.1) is 0 Å². The van der Waals surface area contributed by atoms with E-state index in [0.717, 1.165) is 32.2 Å². The number of hydrogen-bond acceptors (Lipinski definition) is 2. The Morgan fingerprint density at radius 1 is 1.05 bits per heavy atom. The lowest BCUT2D eigenvalue weighted by Crippen LogP contribution is -2.38. The summed E-state index contributed by atoms with van der Waals surface area (Å²) in [6.45, 7) is 3.20. The molecule has 0 N–H and O–H groups in total. The van der Waals surface area contributed by atoms with Crippen LogP contribution in [0.15, 0.2) is 42.5 Å². The predicted molar refractivity (Wildman–Crippen MR) is 84.2 cm³/mol. The lowest BCUT2D eigenvalue weighted by Gasteiger charge is -2.35. The summed E-state index contributed by atoms with van der Waals surface area (Å²) in [5.74, 6) is 0.426. The van der Waals surface area contributed by atoms with E-state index in [-0.39, 0.29) is 0 Å². The van der Waals surface area contributed by atoms with Crippen molar-refractivity contribution in [2.75, 3.05) is 11.4 Å². The van der Waals surface area contributed by atoms with Crippen LogP contribution in [0.1, 0.15) is 32.6 Å². The normalized spacial score (nSPS) is 16.6. The van der Waals surface area contributed by atoms with Gasteiger partial charge in [0.15, 0.2) is 0 Å². The van der Waals surface area contributed by atoms with Crippen LogP contribution >= 0.6 is 0 Å². The third-order valence-electron chi connectivity index (χ3n) is 4.37. The molecule has 1 aliphatic carbocycles. The van der Waals surface area contributed by atoms with E-state index in [2.05, 4.69) is 54.3 Å². The summed E-state index contributed by atoms with van der Waals surface area (Å²) < 4.78 is 0. The van der Waals surface area contributed by atoms with Gasteiger partial charge in [0, 0.05) is 36.5 Å². The van der Waals surface area contributed by atoms with E-state index >= 15 is 0 Å². The molecular weight excluding hydrogens is 246 g/mol. The predicted octanol–water partition coefficient (Wildman–Crippen LogP) is 4.18. The third-order valence-corrected chi connectivity index (χ3v) is 4.37. The van der Waals surface area contributed by atoms with Crippen LogP contribution in [0.4, 0.5) is 5.69 Å². The molecule has 0 saturated heterocycles. The van der Waals surface area contributed by atoms with Crippen LogP contribution < -0.4 is 4.90 Å². The largest absolute Gasteiger partial charge is 0.368 e. The van der Waals surface area contributed by atoms with Crippen molar-refractivity contribution in [2.24, 2.45) is 0 Å². The van der Waals surface area contributed by atoms with E-state index in [1.807, 2.05) is 0 Å². The fourth-order valence-electron chi connectivity index (χ4n) is 3.32. The molecule has 0 amide bonds. The zero-order chi connectivity index (χ0) is 13.9. The minimum absolute atomic E-state index is 0.426. The van der Waals surface area contributed by atoms with Crippen LogP contribution in [0.5, 0.6) is 0 Å². The molecule has 1 fully saturated rings. The summed E-state index contributed by atoms with van der Waals surface area (Å²) in [5.41, 5.74) is 1.31. The standard InChI is InChI=1S/C18H21NO/c1-2-19(15-10-12-16(20)13-11-15)18-9-5-7-14-6-3-4-8-17(14)18/h3-9,15H,2,10-13H2,1H3. The van der Waals surface area contributed by atoms with Gasteiger partial charge >= 0.3 is 0 Å². The number of hydrogen-bond donors (Lipinski definition) is 0. The second-order valence-electron chi connectivity index (χ2n) is 5.55. The molecule has 0 spiro atoms. The molecule has 104 valence electrons. The van der Waals surface area contributed by atoms with Gasteiger partial charge in [-0.05, 0) is 31.2 Å². The second kappa shape index (κ2) is 5.66. The highest BCUT2D eigenvalue weighted by Gasteiger charge is 2.24. The molecule has 2 aromatic carbocycles. The lowest BCUT2D eigenvalue weighted by molar-refractivity contribution is -0.120. The Kier molecular flexibility index (Phi) is 3.72. The number of Topliss-reactive ketones (excluding diaryl/α,β-unsaturated/α-hetero) is 1. The van der Waals surface area contributed by atoms with Gasteiger partial charge in [-0.25, -0.2) is 0 Å². The Balaban J connectivity index is 1.97. The maximum atomic E-state index is 11.4. The van der Waals surface area contributed by atoms with Gasteiger partial charge in [0.2, 0.25) is 0 Å². The van der Waals surface area contributed by atoms with E-state index in [1.54, 1.807) is 0 Å². The van der Waals surface area contributed by atoms with Crippen LogP contribution in [0.25, 0.3) is 10.8 Å². The Bertz CT molecular complexity index is 604. The number of rotatable bonds is 3. The first-order valence-electron chi connectivity index (χ1n) is 7.55. The smallest absolute Gasteiger partial charge is 0.133 e. The average molecular weight is 267 g/mol. The number of carbonyl (C=O) groups is 1. The van der Waals surface area contributed by atoms with Crippen molar-refractivity contribution in [1.29, 1.82) is 0 Å². The van der Waals surface area contributed by atoms with Crippen molar-refractivity contribution in [1.82, 2.24) is 0 Å². The van der Waals surface area contributed by atoms with E-state index < -0.39 is 0 Å². The molecule has 2 aromatic rings. The zero-order valence-electron chi connectivity index (χ0n) is 12.0. The van der Waals surface area contributed by atoms with Gasteiger partial charge in [-0.15, -0.1) is 0 Å². The van der Waals surface area contributed by atoms with Crippen LogP contribution in [0, 0.1) is 0 Å². The maximum absolute atomic E-state index is 11.4. The molecule has 0 aliphatic heterocycles. The first kappa shape index (κ1) is 13.2. The third kappa shape index (κ3) is 2.43. The second-order valence-corrected chi connectivity index (χ2v) is 5.55. The van der Waals surface area contributed by atoms with Crippen molar-refractivity contribution in [3.8, 4) is 0 Å². The van der Waals surface area contributed by atoms with Crippen LogP contribution in [0.2, 0.25) is 0 Å². The molecule has 1 saturated carbocycles. The van der Waals surface area contributed by atoms with E-state index in [1.165, 1.54) is 16.5 Å². The fraction of sp³-hybridized carbons (Fsp3) is 0.389. The van der Waals surface area contributed by atoms with E-state index in [0.29, 0.717) is 11.8 Å². The van der Waals surface area contributed by atoms with E-state index in [9.17, 15) is 4.79 Å². The highest BCUT2D eigenvalue weighted by Crippen LogP contribution is 2.31. The van der Waals surface area contributed by atoms with Crippen molar-refractivity contribution in [2.45, 2.75) is 38.6 Å². The van der Waals surface area contributed by atoms with E-state index in [4.69, 9.17) is 0 Å². The number of nitrogens with zero attached hydrogens (tertiary/aromatic N) is 1. The quantitative estimate of drug-likeness (QED) is 0.831. The SMILES string of the molecule is CCN(c1cccc2ccccc12)C1CCC(=O)CC1. The van der Waals surface area contributed by atoms with Crippen LogP contribution in [-0.2, 0) is 4.79 Å². The molecule has 0 radical (unpaired) electrons. The number of benzene rings is 2. The van der Waals surface area contributed by atoms with Gasteiger partial charge < -0.3 is 4.90 Å². The summed E-state index contributed by atoms with van der Waals surface area (Å²) >= 11 is 0. The molecule has 3 rings (SSSR count). The molecule has 0 bridgehead atoms. The topological polar surface area (TPSA) is 20.3 Å². The molecule has 0 atom stereocenters. The Labute approximate surface area is 120 Å². The van der Waals surface area contributed by atoms with Gasteiger partial charge in [0.25, 0.3) is 0 Å². The number of carbonyl (C=O) groups excluding carboxylic acids is 1. The van der Waals surface area contributed by atoms with Crippen LogP contribution in [0.3, 0.4) is 0 Å². The highest BCUT2D eigenvalue weighted by atomic mass is 16.1. The summed E-state index contributed by atoms with van der Waals surface area (Å²) in [6.07, 6.45) is 3.48. The number of ketones is 1. The lowest BCUT2D eigenvalue weighted by atomic mass is 9.92. The minimum Gasteiger partial charge on any atom is -0.368 e. The molecule has 0 aromatic heterocycles. The van der Waals surface area contributed by atoms with Gasteiger partial charge in [-0.3, -0.25) is 4.79 Å². The molecule has 1 aliphatic rings. The van der Waals surface area contributed by atoms with Crippen molar-refractivity contribution < 1.29 is 4.79 Å². The fourth-order valence-corrected chi connectivity index (χ4v) is 3.32. The summed E-state index contributed by atoms with van der Waals surface area (Å²) in [5, 5.41) is 2.60. The highest BCUT2D eigenvalue weighted by molar-refractivity contribution is 5.94. The molecule has 2 nitrogen and oxygen atoms in total. The minimum atomic E-state index is 0.426. The van der Waals surface area contributed by atoms with Gasteiger partial charge in [-0.2, -0.15) is 0 Å². The molecule has 20 heavy (non-hydrogen) atoms. The Morgan fingerprint density at radius 2 is 1.75 bits per heavy atom. The average Bonchev–Trinajstić information content (AvgIpc) is 2.50. The number of anilines is 1. The van der Waals surface area contributed by atoms with Crippen molar-refractivity contribution in [3.05, 3.63) is 42.5 Å². The van der Waals surface area contributed by atoms with Crippen molar-refractivity contribution in [3.63, 3.8) is 0 Å². The molecule has 0 heterocycles. The Hall–Kier alpha value is -1.83. The molecule has 2 heteroatoms. The summed E-state index contributed by atoms with van der Waals surface area (Å²) in [7, 11) is 0. The maximum Gasteiger partial charge on any atom is 0.133 e. The summed E-state index contributed by atoms with van der Waals surface area (Å²) in [6, 6.07) is 15.6. The summed E-state index contributed by atoms with van der Waals surface area (Å²) in [4.78, 5) is 13.9. The first-order valence-corrected chi connectivity index (χ1v) is 7.55. The zero-order valence-corrected chi connectivity index (χ0v) is 12.0. The van der Waals surface area contributed by atoms with Crippen LogP contribution in [-0.4, -0.2) is 18.4 Å². The van der Waals surface area contributed by atoms with Gasteiger partial charge in [-0.1, -0.05) is 36.4 Å². The van der Waals surface area contributed by atoms with Gasteiger partial charge in [0.1, 0.15) is 5.78 Å². The Morgan fingerprint density at radius 3 is 2.50 bits per heavy atom.